The number of likely N-dealkylation sites (N-methyl/N-ethyl adjacent to an activating group) is 1. The van der Waals surface area contributed by atoms with Crippen molar-refractivity contribution in [1.82, 2.24) is 20.0 Å². The van der Waals surface area contributed by atoms with E-state index in [0.29, 0.717) is 0 Å². The molecule has 0 aromatic carbocycles. The Hall–Kier alpha value is -1.30. The van der Waals surface area contributed by atoms with E-state index in [4.69, 9.17) is 0 Å². The van der Waals surface area contributed by atoms with E-state index in [1.165, 1.54) is 6.42 Å². The fourth-order valence-corrected chi connectivity index (χ4v) is 4.07. The highest BCUT2D eigenvalue weighted by Crippen LogP contribution is 2.31. The number of rotatable bonds is 2. The van der Waals surface area contributed by atoms with Crippen molar-refractivity contribution >= 4 is 11.9 Å². The van der Waals surface area contributed by atoms with Gasteiger partial charge in [0, 0.05) is 39.8 Å². The van der Waals surface area contributed by atoms with Gasteiger partial charge in [-0.15, -0.1) is 0 Å². The number of hydrogen-bond acceptors (Lipinski definition) is 3. The lowest BCUT2D eigenvalue weighted by Crippen LogP contribution is -2.57. The monoisotopic (exact) mass is 308 g/mol. The highest BCUT2D eigenvalue weighted by Gasteiger charge is 2.46. The number of hydrogen-bond donors (Lipinski definition) is 1. The molecule has 6 heteroatoms. The molecule has 0 bridgehead atoms. The van der Waals surface area contributed by atoms with Gasteiger partial charge in [0.15, 0.2) is 0 Å². The quantitative estimate of drug-likeness (QED) is 0.824. The van der Waals surface area contributed by atoms with Gasteiger partial charge in [-0.25, -0.2) is 4.79 Å². The first-order valence-corrected chi connectivity index (χ1v) is 8.58. The molecule has 3 amide bonds. The first kappa shape index (κ1) is 15.6. The van der Waals surface area contributed by atoms with Gasteiger partial charge in [0.1, 0.15) is 0 Å². The molecular formula is C16H28N4O2. The predicted octanol–water partition coefficient (Wildman–Crippen LogP) is 0.877. The molecule has 3 saturated heterocycles. The van der Waals surface area contributed by atoms with Gasteiger partial charge in [-0.05, 0) is 39.0 Å². The number of piperidine rings is 2. The molecule has 0 aromatic heterocycles. The molecule has 1 N–H and O–H groups in total. The van der Waals surface area contributed by atoms with Gasteiger partial charge in [0.2, 0.25) is 5.91 Å². The van der Waals surface area contributed by atoms with Gasteiger partial charge >= 0.3 is 6.03 Å². The summed E-state index contributed by atoms with van der Waals surface area (Å²) in [7, 11) is 1.89. The summed E-state index contributed by atoms with van der Waals surface area (Å²) in [5.74, 6) is 0.282. The molecule has 1 spiro atoms. The minimum absolute atomic E-state index is 0.0332. The van der Waals surface area contributed by atoms with Gasteiger partial charge in [-0.1, -0.05) is 0 Å². The summed E-state index contributed by atoms with van der Waals surface area (Å²) in [5.41, 5.74) is -0.0402. The van der Waals surface area contributed by atoms with Gasteiger partial charge in [-0.2, -0.15) is 0 Å². The highest BCUT2D eigenvalue weighted by molar-refractivity contribution is 5.81. The average molecular weight is 308 g/mol. The number of nitrogens with zero attached hydrogens (tertiary/aromatic N) is 3. The van der Waals surface area contributed by atoms with Gasteiger partial charge < -0.3 is 15.1 Å². The van der Waals surface area contributed by atoms with Crippen LogP contribution < -0.4 is 5.32 Å². The van der Waals surface area contributed by atoms with E-state index in [9.17, 15) is 9.59 Å². The second-order valence-corrected chi connectivity index (χ2v) is 7.04. The SMILES string of the molecule is CC(C(=O)N1CCCCC1)N1CCC2(CC1)CNC(=O)N2C. The third-order valence-electron chi connectivity index (χ3n) is 5.89. The number of likely N-dealkylation sites (tertiary alicyclic amines) is 2. The molecule has 22 heavy (non-hydrogen) atoms. The molecule has 0 saturated carbocycles. The summed E-state index contributed by atoms with van der Waals surface area (Å²) < 4.78 is 0. The van der Waals surface area contributed by atoms with E-state index in [-0.39, 0.29) is 23.5 Å². The second kappa shape index (κ2) is 6.07. The van der Waals surface area contributed by atoms with Crippen LogP contribution in [0.5, 0.6) is 0 Å². The third-order valence-corrected chi connectivity index (χ3v) is 5.89. The maximum atomic E-state index is 12.6. The van der Waals surface area contributed by atoms with Gasteiger partial charge in [0.05, 0.1) is 11.6 Å². The van der Waals surface area contributed by atoms with E-state index in [1.807, 2.05) is 23.8 Å². The minimum atomic E-state index is -0.0402. The Kier molecular flexibility index (Phi) is 4.30. The zero-order chi connectivity index (χ0) is 15.7. The molecular weight excluding hydrogens is 280 g/mol. The molecule has 0 radical (unpaired) electrons. The number of carbonyl (C=O) groups is 2. The molecule has 3 aliphatic heterocycles. The molecule has 1 atom stereocenters. The standard InChI is InChI=1S/C16H28N4O2/c1-13(14(21)20-8-4-3-5-9-20)19-10-6-16(7-11-19)12-17-15(22)18(16)2/h13H,3-12H2,1-2H3,(H,17,22). The summed E-state index contributed by atoms with van der Waals surface area (Å²) in [6.07, 6.45) is 5.41. The van der Waals surface area contributed by atoms with Crippen molar-refractivity contribution in [3.8, 4) is 0 Å². The molecule has 1 unspecified atom stereocenters. The number of amides is 3. The maximum absolute atomic E-state index is 12.6. The topological polar surface area (TPSA) is 55.9 Å². The molecule has 124 valence electrons. The van der Waals surface area contributed by atoms with Crippen LogP contribution in [0.15, 0.2) is 0 Å². The van der Waals surface area contributed by atoms with Gasteiger partial charge in [0.25, 0.3) is 0 Å². The first-order valence-electron chi connectivity index (χ1n) is 8.58. The minimum Gasteiger partial charge on any atom is -0.341 e. The largest absolute Gasteiger partial charge is 0.341 e. The van der Waals surface area contributed by atoms with Crippen LogP contribution in [0, 0.1) is 0 Å². The normalized spacial score (nSPS) is 27.1. The summed E-state index contributed by atoms with van der Waals surface area (Å²) in [4.78, 5) is 30.5. The zero-order valence-corrected chi connectivity index (χ0v) is 13.8. The Labute approximate surface area is 132 Å². The Morgan fingerprint density at radius 1 is 1.14 bits per heavy atom. The van der Waals surface area contributed by atoms with Gasteiger partial charge in [-0.3, -0.25) is 9.69 Å². The molecule has 3 rings (SSSR count). The van der Waals surface area contributed by atoms with Crippen molar-refractivity contribution in [2.45, 2.75) is 50.6 Å². The van der Waals surface area contributed by atoms with Crippen LogP contribution >= 0.6 is 0 Å². The fraction of sp³-hybridized carbons (Fsp3) is 0.875. The van der Waals surface area contributed by atoms with E-state index in [1.54, 1.807) is 0 Å². The van der Waals surface area contributed by atoms with Crippen LogP contribution in [-0.4, -0.2) is 78.0 Å². The summed E-state index contributed by atoms with van der Waals surface area (Å²) >= 11 is 0. The van der Waals surface area contributed by atoms with Crippen LogP contribution in [0.2, 0.25) is 0 Å². The van der Waals surface area contributed by atoms with Crippen molar-refractivity contribution in [3.63, 3.8) is 0 Å². The fourth-order valence-electron chi connectivity index (χ4n) is 4.07. The molecule has 6 nitrogen and oxygen atoms in total. The Balaban J connectivity index is 1.56. The Morgan fingerprint density at radius 3 is 2.32 bits per heavy atom. The molecule has 3 aliphatic rings. The van der Waals surface area contributed by atoms with Crippen LogP contribution in [0.25, 0.3) is 0 Å². The van der Waals surface area contributed by atoms with Crippen molar-refractivity contribution in [1.29, 1.82) is 0 Å². The summed E-state index contributed by atoms with van der Waals surface area (Å²) in [6, 6.07) is -0.00304. The van der Waals surface area contributed by atoms with Crippen molar-refractivity contribution in [2.24, 2.45) is 0 Å². The Morgan fingerprint density at radius 2 is 1.77 bits per heavy atom. The Bertz CT molecular complexity index is 439. The average Bonchev–Trinajstić information content (AvgIpc) is 2.84. The summed E-state index contributed by atoms with van der Waals surface area (Å²) in [6.45, 7) is 6.39. The predicted molar refractivity (Wildman–Crippen MR) is 84.6 cm³/mol. The van der Waals surface area contributed by atoms with Crippen LogP contribution in [-0.2, 0) is 4.79 Å². The number of nitrogens with one attached hydrogen (secondary N) is 1. The second-order valence-electron chi connectivity index (χ2n) is 7.04. The third kappa shape index (κ3) is 2.69. The molecule has 3 heterocycles. The van der Waals surface area contributed by atoms with E-state index in [2.05, 4.69) is 10.2 Å². The zero-order valence-electron chi connectivity index (χ0n) is 13.8. The van der Waals surface area contributed by atoms with Crippen LogP contribution in [0.1, 0.15) is 39.0 Å². The molecule has 0 aliphatic carbocycles. The van der Waals surface area contributed by atoms with E-state index < -0.39 is 0 Å². The summed E-state index contributed by atoms with van der Waals surface area (Å²) in [5, 5.41) is 2.94. The molecule has 3 fully saturated rings. The lowest BCUT2D eigenvalue weighted by Gasteiger charge is -2.44. The molecule has 0 aromatic rings. The van der Waals surface area contributed by atoms with Crippen molar-refractivity contribution < 1.29 is 9.59 Å². The lowest BCUT2D eigenvalue weighted by atomic mass is 9.86. The smallest absolute Gasteiger partial charge is 0.317 e. The van der Waals surface area contributed by atoms with Crippen molar-refractivity contribution in [3.05, 3.63) is 0 Å². The highest BCUT2D eigenvalue weighted by atomic mass is 16.2. The van der Waals surface area contributed by atoms with E-state index in [0.717, 1.165) is 58.4 Å². The van der Waals surface area contributed by atoms with E-state index >= 15 is 0 Å². The number of carbonyl (C=O) groups excluding carboxylic acids is 2. The number of urea groups is 1. The maximum Gasteiger partial charge on any atom is 0.317 e. The van der Waals surface area contributed by atoms with Crippen LogP contribution in [0.4, 0.5) is 4.79 Å². The first-order chi connectivity index (χ1) is 10.5. The van der Waals surface area contributed by atoms with Crippen molar-refractivity contribution in [2.75, 3.05) is 39.8 Å². The van der Waals surface area contributed by atoms with Crippen LogP contribution in [0.3, 0.4) is 0 Å². The lowest BCUT2D eigenvalue weighted by molar-refractivity contribution is -0.138.